The van der Waals surface area contributed by atoms with Gasteiger partial charge in [-0.05, 0) is 51.3 Å². The van der Waals surface area contributed by atoms with Gasteiger partial charge in [0.05, 0.1) is 6.54 Å². The molecule has 0 radical (unpaired) electrons. The molecular weight excluding hydrogens is 338 g/mol. The minimum Gasteiger partial charge on any atom is -0.361 e. The molecule has 1 heterocycles. The zero-order chi connectivity index (χ0) is 19.6. The first kappa shape index (κ1) is 20.8. The van der Waals surface area contributed by atoms with E-state index in [0.717, 1.165) is 38.6 Å². The van der Waals surface area contributed by atoms with Gasteiger partial charge in [0.15, 0.2) is 5.96 Å². The summed E-state index contributed by atoms with van der Waals surface area (Å²) in [6.07, 6.45) is 3.44. The van der Waals surface area contributed by atoms with E-state index >= 15 is 0 Å². The number of H-pyrrole nitrogens is 1. The summed E-state index contributed by atoms with van der Waals surface area (Å²) in [6.45, 7) is 11.7. The molecule has 0 aliphatic heterocycles. The summed E-state index contributed by atoms with van der Waals surface area (Å²) < 4.78 is 0. The Kier molecular flexibility index (Phi) is 8.17. The van der Waals surface area contributed by atoms with Crippen molar-refractivity contribution in [1.82, 2.24) is 20.5 Å². The number of carbonyl (C=O) groups excluding carboxylic acids is 1. The van der Waals surface area contributed by atoms with Crippen molar-refractivity contribution in [3.05, 3.63) is 35.5 Å². The molecule has 0 unspecified atom stereocenters. The Morgan fingerprint density at radius 2 is 1.96 bits per heavy atom. The van der Waals surface area contributed by atoms with Gasteiger partial charge in [0.25, 0.3) is 0 Å². The molecule has 2 rings (SSSR count). The van der Waals surface area contributed by atoms with Crippen LogP contribution in [0, 0.1) is 6.92 Å². The number of carbonyl (C=O) groups is 1. The number of aryl methyl sites for hydroxylation is 1. The van der Waals surface area contributed by atoms with E-state index in [0.29, 0.717) is 13.0 Å². The number of benzene rings is 1. The van der Waals surface area contributed by atoms with E-state index in [-0.39, 0.29) is 5.91 Å². The van der Waals surface area contributed by atoms with Gasteiger partial charge < -0.3 is 20.5 Å². The van der Waals surface area contributed by atoms with Crippen LogP contribution in [-0.4, -0.2) is 54.5 Å². The second kappa shape index (κ2) is 10.6. The van der Waals surface area contributed by atoms with Crippen LogP contribution < -0.4 is 10.6 Å². The monoisotopic (exact) mass is 371 g/mol. The molecule has 6 nitrogen and oxygen atoms in total. The van der Waals surface area contributed by atoms with E-state index in [1.165, 1.54) is 22.0 Å². The summed E-state index contributed by atoms with van der Waals surface area (Å²) in [7, 11) is 0. The van der Waals surface area contributed by atoms with Gasteiger partial charge in [-0.15, -0.1) is 0 Å². The zero-order valence-corrected chi connectivity index (χ0v) is 17.1. The molecule has 3 N–H and O–H groups in total. The molecule has 0 saturated heterocycles. The fourth-order valence-corrected chi connectivity index (χ4v) is 3.16. The van der Waals surface area contributed by atoms with E-state index in [1.807, 2.05) is 25.7 Å². The Labute approximate surface area is 162 Å². The predicted octanol–water partition coefficient (Wildman–Crippen LogP) is 2.83. The van der Waals surface area contributed by atoms with Crippen molar-refractivity contribution in [2.75, 3.05) is 32.7 Å². The topological polar surface area (TPSA) is 72.5 Å². The largest absolute Gasteiger partial charge is 0.361 e. The molecule has 0 aliphatic rings. The molecule has 0 fully saturated rings. The molecule has 27 heavy (non-hydrogen) atoms. The lowest BCUT2D eigenvalue weighted by molar-refractivity contribution is -0.130. The van der Waals surface area contributed by atoms with Crippen molar-refractivity contribution in [3.63, 3.8) is 0 Å². The Hall–Kier alpha value is -2.50. The third kappa shape index (κ3) is 6.01. The summed E-state index contributed by atoms with van der Waals surface area (Å²) in [5.41, 5.74) is 3.74. The number of aliphatic imine (C=N–C) groups is 1. The third-order valence-corrected chi connectivity index (χ3v) is 4.67. The highest BCUT2D eigenvalue weighted by molar-refractivity contribution is 5.84. The summed E-state index contributed by atoms with van der Waals surface area (Å²) in [5, 5.41) is 7.88. The van der Waals surface area contributed by atoms with Gasteiger partial charge in [-0.3, -0.25) is 9.79 Å². The van der Waals surface area contributed by atoms with Crippen molar-refractivity contribution in [2.45, 2.75) is 40.5 Å². The van der Waals surface area contributed by atoms with Crippen LogP contribution in [0.3, 0.4) is 0 Å². The van der Waals surface area contributed by atoms with Crippen LogP contribution in [-0.2, 0) is 11.2 Å². The first-order chi connectivity index (χ1) is 13.1. The van der Waals surface area contributed by atoms with Crippen LogP contribution in [0.1, 0.15) is 38.3 Å². The summed E-state index contributed by atoms with van der Waals surface area (Å²) in [4.78, 5) is 21.8. The van der Waals surface area contributed by atoms with Crippen LogP contribution in [0.15, 0.2) is 29.4 Å². The summed E-state index contributed by atoms with van der Waals surface area (Å²) in [6, 6.07) is 6.49. The number of nitrogens with one attached hydrogen (secondary N) is 3. The zero-order valence-electron chi connectivity index (χ0n) is 17.1. The molecule has 0 saturated carbocycles. The molecule has 0 spiro atoms. The van der Waals surface area contributed by atoms with Crippen molar-refractivity contribution < 1.29 is 4.79 Å². The van der Waals surface area contributed by atoms with E-state index in [2.05, 4.69) is 51.9 Å². The maximum absolute atomic E-state index is 12.1. The lowest BCUT2D eigenvalue weighted by Gasteiger charge is -2.18. The Balaban J connectivity index is 1.87. The van der Waals surface area contributed by atoms with Crippen LogP contribution in [0.5, 0.6) is 0 Å². The van der Waals surface area contributed by atoms with Gasteiger partial charge in [-0.2, -0.15) is 0 Å². The average Bonchev–Trinajstić information content (AvgIpc) is 3.04. The molecule has 148 valence electrons. The number of fused-ring (bicyclic) bond motifs is 1. The Morgan fingerprint density at radius 1 is 1.19 bits per heavy atom. The Bertz CT molecular complexity index is 761. The van der Waals surface area contributed by atoms with Crippen LogP contribution in [0.4, 0.5) is 0 Å². The molecule has 1 amide bonds. The van der Waals surface area contributed by atoms with Gasteiger partial charge in [0.1, 0.15) is 0 Å². The highest BCUT2D eigenvalue weighted by Crippen LogP contribution is 2.19. The molecule has 0 atom stereocenters. The number of aromatic amines is 1. The molecule has 2 aromatic rings. The summed E-state index contributed by atoms with van der Waals surface area (Å²) >= 11 is 0. The minimum absolute atomic E-state index is 0.161. The van der Waals surface area contributed by atoms with Crippen molar-refractivity contribution in [2.24, 2.45) is 4.99 Å². The minimum atomic E-state index is 0.161. The second-order valence-electron chi connectivity index (χ2n) is 6.62. The average molecular weight is 372 g/mol. The predicted molar refractivity (Wildman–Crippen MR) is 113 cm³/mol. The number of aromatic nitrogens is 1. The molecule has 6 heteroatoms. The molecular formula is C21H33N5O. The van der Waals surface area contributed by atoms with Gasteiger partial charge in [0.2, 0.25) is 5.91 Å². The van der Waals surface area contributed by atoms with Gasteiger partial charge in [0, 0.05) is 49.7 Å². The number of rotatable bonds is 9. The lowest BCUT2D eigenvalue weighted by Crippen LogP contribution is -2.38. The second-order valence-corrected chi connectivity index (χ2v) is 6.62. The standard InChI is InChI=1S/C21H33N5O/c1-5-22-21(24-13-11-20(27)26(6-2)7-3)23-12-10-17-15-25-19-14-16(4)8-9-18(17)19/h8-9,14-15,25H,5-7,10-13H2,1-4H3,(H2,22,23,24). The number of hydrogen-bond acceptors (Lipinski definition) is 2. The summed E-state index contributed by atoms with van der Waals surface area (Å²) in [5.74, 6) is 0.925. The first-order valence-electron chi connectivity index (χ1n) is 9.95. The Morgan fingerprint density at radius 3 is 2.67 bits per heavy atom. The number of hydrogen-bond donors (Lipinski definition) is 3. The van der Waals surface area contributed by atoms with E-state index < -0.39 is 0 Å². The van der Waals surface area contributed by atoms with Crippen LogP contribution >= 0.6 is 0 Å². The maximum atomic E-state index is 12.1. The normalized spacial score (nSPS) is 11.6. The van der Waals surface area contributed by atoms with Gasteiger partial charge in [-0.25, -0.2) is 0 Å². The van der Waals surface area contributed by atoms with Crippen molar-refractivity contribution in [3.8, 4) is 0 Å². The number of amides is 1. The van der Waals surface area contributed by atoms with E-state index in [4.69, 9.17) is 0 Å². The van der Waals surface area contributed by atoms with E-state index in [9.17, 15) is 4.79 Å². The van der Waals surface area contributed by atoms with E-state index in [1.54, 1.807) is 0 Å². The van der Waals surface area contributed by atoms with Crippen molar-refractivity contribution >= 4 is 22.8 Å². The quantitative estimate of drug-likeness (QED) is 0.469. The fourth-order valence-electron chi connectivity index (χ4n) is 3.16. The van der Waals surface area contributed by atoms with Gasteiger partial charge in [-0.1, -0.05) is 12.1 Å². The molecule has 1 aromatic carbocycles. The number of nitrogens with zero attached hydrogens (tertiary/aromatic N) is 2. The SMILES string of the molecule is CCNC(=NCCC(=O)N(CC)CC)NCCc1c[nH]c2cc(C)ccc12. The lowest BCUT2D eigenvalue weighted by atomic mass is 10.1. The highest BCUT2D eigenvalue weighted by Gasteiger charge is 2.09. The molecule has 1 aromatic heterocycles. The first-order valence-corrected chi connectivity index (χ1v) is 9.95. The maximum Gasteiger partial charge on any atom is 0.224 e. The fraction of sp³-hybridized carbons (Fsp3) is 0.524. The number of guanidine groups is 1. The van der Waals surface area contributed by atoms with Gasteiger partial charge >= 0.3 is 0 Å². The third-order valence-electron chi connectivity index (χ3n) is 4.67. The molecule has 0 bridgehead atoms. The van der Waals surface area contributed by atoms with Crippen LogP contribution in [0.2, 0.25) is 0 Å². The van der Waals surface area contributed by atoms with Crippen molar-refractivity contribution in [1.29, 1.82) is 0 Å². The smallest absolute Gasteiger partial charge is 0.224 e. The van der Waals surface area contributed by atoms with Crippen LogP contribution in [0.25, 0.3) is 10.9 Å². The highest BCUT2D eigenvalue weighted by atomic mass is 16.2. The molecule has 0 aliphatic carbocycles.